The highest BCUT2D eigenvalue weighted by Crippen LogP contribution is 2.31. The van der Waals surface area contributed by atoms with Crippen LogP contribution >= 0.6 is 0 Å². The molecule has 0 radical (unpaired) electrons. The maximum absolute atomic E-state index is 13.5. The number of amides is 1. The molecule has 0 saturated heterocycles. The lowest BCUT2D eigenvalue weighted by atomic mass is 10.0. The van der Waals surface area contributed by atoms with E-state index < -0.39 is 11.9 Å². The van der Waals surface area contributed by atoms with Gasteiger partial charge in [0, 0.05) is 12.5 Å². The third kappa shape index (κ3) is 3.60. The third-order valence-electron chi connectivity index (χ3n) is 4.12. The highest BCUT2D eigenvalue weighted by atomic mass is 19.1. The summed E-state index contributed by atoms with van der Waals surface area (Å²) in [6.07, 6.45) is 1.58. The number of carboxylic acids is 1. The monoisotopic (exact) mass is 293 g/mol. The van der Waals surface area contributed by atoms with Crippen LogP contribution in [0.2, 0.25) is 0 Å². The average molecular weight is 293 g/mol. The van der Waals surface area contributed by atoms with E-state index in [1.54, 1.807) is 26.0 Å². The minimum Gasteiger partial charge on any atom is -0.481 e. The summed E-state index contributed by atoms with van der Waals surface area (Å²) in [4.78, 5) is 22.9. The summed E-state index contributed by atoms with van der Waals surface area (Å²) >= 11 is 0. The van der Waals surface area contributed by atoms with Crippen LogP contribution in [0.15, 0.2) is 12.1 Å². The zero-order chi connectivity index (χ0) is 15.6. The van der Waals surface area contributed by atoms with Crippen molar-refractivity contribution < 1.29 is 19.1 Å². The number of aliphatic carboxylic acids is 1. The molecular weight excluding hydrogens is 273 g/mol. The van der Waals surface area contributed by atoms with E-state index in [0.29, 0.717) is 36.9 Å². The zero-order valence-electron chi connectivity index (χ0n) is 12.3. The summed E-state index contributed by atoms with van der Waals surface area (Å²) in [7, 11) is 0. The number of aryl methyl sites for hydroxylation is 2. The summed E-state index contributed by atoms with van der Waals surface area (Å²) < 4.78 is 13.5. The molecule has 2 atom stereocenters. The summed E-state index contributed by atoms with van der Waals surface area (Å²) in [6.45, 7) is 3.74. The first-order valence-electron chi connectivity index (χ1n) is 7.14. The maximum Gasteiger partial charge on any atom is 0.306 e. The summed E-state index contributed by atoms with van der Waals surface area (Å²) in [5.74, 6) is -1.79. The van der Waals surface area contributed by atoms with Crippen LogP contribution in [0, 0.1) is 31.5 Å². The van der Waals surface area contributed by atoms with E-state index in [4.69, 9.17) is 5.11 Å². The van der Waals surface area contributed by atoms with Crippen LogP contribution in [-0.2, 0) is 16.1 Å². The van der Waals surface area contributed by atoms with Crippen molar-refractivity contribution in [2.24, 2.45) is 11.8 Å². The zero-order valence-corrected chi connectivity index (χ0v) is 12.3. The Morgan fingerprint density at radius 1 is 1.24 bits per heavy atom. The van der Waals surface area contributed by atoms with Crippen molar-refractivity contribution in [1.29, 1.82) is 0 Å². The summed E-state index contributed by atoms with van der Waals surface area (Å²) in [5.41, 5.74) is 1.98. The van der Waals surface area contributed by atoms with E-state index >= 15 is 0 Å². The van der Waals surface area contributed by atoms with E-state index in [2.05, 4.69) is 5.32 Å². The molecule has 1 aliphatic carbocycles. The largest absolute Gasteiger partial charge is 0.481 e. The Morgan fingerprint density at radius 2 is 1.81 bits per heavy atom. The van der Waals surface area contributed by atoms with Gasteiger partial charge >= 0.3 is 5.97 Å². The minimum atomic E-state index is -0.824. The average Bonchev–Trinajstić information content (AvgIpc) is 2.92. The molecular formula is C16H20FNO3. The number of benzene rings is 1. The Balaban J connectivity index is 1.92. The number of hydrogen-bond donors (Lipinski definition) is 2. The molecule has 1 aliphatic rings. The molecule has 21 heavy (non-hydrogen) atoms. The fraction of sp³-hybridized carbons (Fsp3) is 0.500. The second-order valence-electron chi connectivity index (χ2n) is 5.81. The van der Waals surface area contributed by atoms with Crippen molar-refractivity contribution in [1.82, 2.24) is 5.32 Å². The lowest BCUT2D eigenvalue weighted by Gasteiger charge is -2.12. The molecule has 1 aromatic carbocycles. The number of carbonyl (C=O) groups excluding carboxylic acids is 1. The van der Waals surface area contributed by atoms with Crippen LogP contribution in [-0.4, -0.2) is 17.0 Å². The molecule has 1 amide bonds. The van der Waals surface area contributed by atoms with Crippen LogP contribution in [0.25, 0.3) is 0 Å². The Hall–Kier alpha value is -1.91. The fourth-order valence-corrected chi connectivity index (χ4v) is 2.92. The second-order valence-corrected chi connectivity index (χ2v) is 5.81. The van der Waals surface area contributed by atoms with Gasteiger partial charge in [-0.05, 0) is 49.8 Å². The van der Waals surface area contributed by atoms with E-state index in [0.717, 1.165) is 5.56 Å². The molecule has 1 aromatic rings. The van der Waals surface area contributed by atoms with Gasteiger partial charge in [-0.3, -0.25) is 9.59 Å². The van der Waals surface area contributed by atoms with Crippen molar-refractivity contribution in [3.05, 3.63) is 34.6 Å². The Bertz CT molecular complexity index is 548. The van der Waals surface area contributed by atoms with Crippen LogP contribution in [0.4, 0.5) is 4.39 Å². The molecule has 114 valence electrons. The van der Waals surface area contributed by atoms with Gasteiger partial charge in [-0.1, -0.05) is 12.1 Å². The molecule has 0 aromatic heterocycles. The van der Waals surface area contributed by atoms with Crippen molar-refractivity contribution >= 4 is 11.9 Å². The van der Waals surface area contributed by atoms with Crippen molar-refractivity contribution in [2.45, 2.75) is 39.7 Å². The molecule has 2 N–H and O–H groups in total. The number of rotatable bonds is 4. The smallest absolute Gasteiger partial charge is 0.306 e. The molecule has 5 heteroatoms. The number of hydrogen-bond acceptors (Lipinski definition) is 2. The number of halogens is 1. The molecule has 2 rings (SSSR count). The Labute approximate surface area is 123 Å². The highest BCUT2D eigenvalue weighted by Gasteiger charge is 2.33. The first kappa shape index (κ1) is 15.5. The van der Waals surface area contributed by atoms with Crippen LogP contribution < -0.4 is 5.32 Å². The van der Waals surface area contributed by atoms with Gasteiger partial charge in [-0.25, -0.2) is 4.39 Å². The fourth-order valence-electron chi connectivity index (χ4n) is 2.92. The van der Waals surface area contributed by atoms with Gasteiger partial charge in [-0.2, -0.15) is 0 Å². The molecule has 0 heterocycles. The van der Waals surface area contributed by atoms with Gasteiger partial charge in [0.25, 0.3) is 0 Å². The topological polar surface area (TPSA) is 66.4 Å². The third-order valence-corrected chi connectivity index (χ3v) is 4.12. The molecule has 0 aliphatic heterocycles. The molecule has 0 bridgehead atoms. The van der Waals surface area contributed by atoms with E-state index in [1.165, 1.54) is 0 Å². The Kier molecular flexibility index (Phi) is 4.60. The lowest BCUT2D eigenvalue weighted by molar-refractivity contribution is -0.141. The molecule has 0 unspecified atom stereocenters. The van der Waals surface area contributed by atoms with Crippen molar-refractivity contribution in [3.63, 3.8) is 0 Å². The van der Waals surface area contributed by atoms with Crippen LogP contribution in [0.5, 0.6) is 0 Å². The first-order chi connectivity index (χ1) is 9.88. The van der Waals surface area contributed by atoms with Gasteiger partial charge in [0.1, 0.15) is 5.82 Å². The van der Waals surface area contributed by atoms with Gasteiger partial charge < -0.3 is 10.4 Å². The number of carbonyl (C=O) groups is 2. The normalized spacial score (nSPS) is 21.3. The first-order valence-corrected chi connectivity index (χ1v) is 7.14. The van der Waals surface area contributed by atoms with Gasteiger partial charge in [0.05, 0.1) is 5.92 Å². The predicted octanol–water partition coefficient (Wildman–Crippen LogP) is 2.56. The van der Waals surface area contributed by atoms with E-state index in [-0.39, 0.29) is 17.6 Å². The lowest BCUT2D eigenvalue weighted by Crippen LogP contribution is -2.29. The predicted molar refractivity (Wildman–Crippen MR) is 76.2 cm³/mol. The van der Waals surface area contributed by atoms with Gasteiger partial charge in [0.15, 0.2) is 0 Å². The van der Waals surface area contributed by atoms with Crippen LogP contribution in [0.3, 0.4) is 0 Å². The maximum atomic E-state index is 13.5. The summed E-state index contributed by atoms with van der Waals surface area (Å²) in [5, 5.41) is 11.8. The number of nitrogens with one attached hydrogen (secondary N) is 1. The SMILES string of the molecule is Cc1cc(CNC(=O)[C@@H]2CC[C@H](C(=O)O)C2)cc(C)c1F. The minimum absolute atomic E-state index is 0.113. The summed E-state index contributed by atoms with van der Waals surface area (Å²) in [6, 6.07) is 3.44. The quantitative estimate of drug-likeness (QED) is 0.896. The molecule has 1 fully saturated rings. The van der Waals surface area contributed by atoms with E-state index in [9.17, 15) is 14.0 Å². The van der Waals surface area contributed by atoms with Crippen molar-refractivity contribution in [2.75, 3.05) is 0 Å². The van der Waals surface area contributed by atoms with Crippen LogP contribution in [0.1, 0.15) is 36.0 Å². The molecule has 0 spiro atoms. The standard InChI is InChI=1S/C16H20FNO3/c1-9-5-11(6-10(2)14(9)17)8-18-15(19)12-3-4-13(7-12)16(20)21/h5-6,12-13H,3-4,7-8H2,1-2H3,(H,18,19)(H,20,21)/t12-,13+/m1/s1. The Morgan fingerprint density at radius 3 is 2.33 bits per heavy atom. The molecule has 4 nitrogen and oxygen atoms in total. The van der Waals surface area contributed by atoms with Gasteiger partial charge in [0.2, 0.25) is 5.91 Å². The second kappa shape index (κ2) is 6.24. The van der Waals surface area contributed by atoms with Crippen molar-refractivity contribution in [3.8, 4) is 0 Å². The number of carboxylic acid groups (broad SMARTS) is 1. The van der Waals surface area contributed by atoms with E-state index in [1.807, 2.05) is 0 Å². The highest BCUT2D eigenvalue weighted by molar-refractivity contribution is 5.80. The van der Waals surface area contributed by atoms with Gasteiger partial charge in [-0.15, -0.1) is 0 Å². The molecule has 1 saturated carbocycles.